The second-order valence-corrected chi connectivity index (χ2v) is 4.81. The van der Waals surface area contributed by atoms with Gasteiger partial charge >= 0.3 is 17.8 Å². The van der Waals surface area contributed by atoms with Crippen molar-refractivity contribution in [3.63, 3.8) is 0 Å². The van der Waals surface area contributed by atoms with Crippen molar-refractivity contribution in [1.82, 2.24) is 5.43 Å². The number of esters is 1. The van der Waals surface area contributed by atoms with E-state index in [0.29, 0.717) is 0 Å². The summed E-state index contributed by atoms with van der Waals surface area (Å²) in [6.45, 7) is 0. The summed E-state index contributed by atoms with van der Waals surface area (Å²) >= 11 is 0. The highest BCUT2D eigenvalue weighted by Crippen LogP contribution is 2.52. The molecule has 128 valence electrons. The first-order valence-corrected chi connectivity index (χ1v) is 6.80. The number of nitrogens with zero attached hydrogens (tertiary/aromatic N) is 3. The number of nitrogens with one attached hydrogen (secondary N) is 1. The van der Waals surface area contributed by atoms with Crippen LogP contribution in [0.15, 0.2) is 39.6 Å². The summed E-state index contributed by atoms with van der Waals surface area (Å²) in [5.41, 5.74) is -0.334. The monoisotopic (exact) mass is 342 g/mol. The standard InChI is InChI=1S/C14H13F3N4O3/c1-24-11(22)3-2-8-18-19-12(23)9-4-6-10(7-5-9)13(20-21-13)14(15,16)17/h4-8H,2-3H2,1H3,(H,19,23). The van der Waals surface area contributed by atoms with E-state index in [9.17, 15) is 22.8 Å². The maximum Gasteiger partial charge on any atom is 0.442 e. The number of alkyl halides is 3. The first-order chi connectivity index (χ1) is 11.3. The molecular formula is C14H13F3N4O3. The van der Waals surface area contributed by atoms with E-state index in [0.717, 1.165) is 12.1 Å². The Morgan fingerprint density at radius 3 is 2.42 bits per heavy atom. The van der Waals surface area contributed by atoms with Crippen LogP contribution in [-0.4, -0.2) is 31.4 Å². The minimum atomic E-state index is -4.61. The smallest absolute Gasteiger partial charge is 0.442 e. The summed E-state index contributed by atoms with van der Waals surface area (Å²) in [5.74, 6) is -1.00. The first-order valence-electron chi connectivity index (χ1n) is 6.80. The molecule has 0 aromatic heterocycles. The van der Waals surface area contributed by atoms with Gasteiger partial charge in [0.25, 0.3) is 5.91 Å². The van der Waals surface area contributed by atoms with Crippen molar-refractivity contribution in [2.75, 3.05) is 7.11 Å². The van der Waals surface area contributed by atoms with Crippen molar-refractivity contribution in [3.8, 4) is 0 Å². The lowest BCUT2D eigenvalue weighted by Crippen LogP contribution is -2.30. The van der Waals surface area contributed by atoms with Gasteiger partial charge in [0, 0.05) is 17.3 Å². The van der Waals surface area contributed by atoms with E-state index in [1.54, 1.807) is 0 Å². The van der Waals surface area contributed by atoms with Gasteiger partial charge in [-0.3, -0.25) is 9.59 Å². The number of rotatable bonds is 6. The normalized spacial score (nSPS) is 15.3. The molecule has 10 heteroatoms. The fourth-order valence-electron chi connectivity index (χ4n) is 1.81. The lowest BCUT2D eigenvalue weighted by atomic mass is 10.0. The number of halogens is 3. The van der Waals surface area contributed by atoms with Gasteiger partial charge in [0.15, 0.2) is 0 Å². The number of hydrogen-bond donors (Lipinski definition) is 1. The zero-order valence-corrected chi connectivity index (χ0v) is 12.5. The molecule has 1 aromatic carbocycles. The zero-order chi connectivity index (χ0) is 17.8. The van der Waals surface area contributed by atoms with Crippen molar-refractivity contribution in [3.05, 3.63) is 35.4 Å². The van der Waals surface area contributed by atoms with Gasteiger partial charge < -0.3 is 4.74 Å². The van der Waals surface area contributed by atoms with Gasteiger partial charge in [0.1, 0.15) is 0 Å². The van der Waals surface area contributed by atoms with Crippen molar-refractivity contribution < 1.29 is 27.5 Å². The molecule has 0 unspecified atom stereocenters. The molecule has 24 heavy (non-hydrogen) atoms. The van der Waals surface area contributed by atoms with Crippen LogP contribution in [-0.2, 0) is 15.2 Å². The molecule has 2 rings (SSSR count). The first kappa shape index (κ1) is 17.6. The van der Waals surface area contributed by atoms with Gasteiger partial charge in [-0.25, -0.2) is 5.43 Å². The van der Waals surface area contributed by atoms with Crippen LogP contribution in [0, 0.1) is 0 Å². The van der Waals surface area contributed by atoms with E-state index >= 15 is 0 Å². The summed E-state index contributed by atoms with van der Waals surface area (Å²) in [5, 5.41) is 9.79. The fraction of sp³-hybridized carbons (Fsp3) is 0.357. The Labute approximate surface area is 134 Å². The van der Waals surface area contributed by atoms with Gasteiger partial charge in [-0.2, -0.15) is 18.3 Å². The summed E-state index contributed by atoms with van der Waals surface area (Å²) in [7, 11) is 1.26. The largest absolute Gasteiger partial charge is 0.469 e. The van der Waals surface area contributed by atoms with Crippen molar-refractivity contribution >= 4 is 18.1 Å². The van der Waals surface area contributed by atoms with Crippen LogP contribution in [0.25, 0.3) is 0 Å². The predicted molar refractivity (Wildman–Crippen MR) is 76.2 cm³/mol. The van der Waals surface area contributed by atoms with Gasteiger partial charge in [-0.15, -0.1) is 10.2 Å². The highest BCUT2D eigenvalue weighted by Gasteiger charge is 2.65. The van der Waals surface area contributed by atoms with Crippen LogP contribution in [0.2, 0.25) is 0 Å². The molecule has 1 aliphatic heterocycles. The third kappa shape index (κ3) is 3.76. The molecule has 0 radical (unpaired) electrons. The van der Waals surface area contributed by atoms with E-state index < -0.39 is 23.7 Å². The summed E-state index contributed by atoms with van der Waals surface area (Å²) in [6, 6.07) is 4.74. The van der Waals surface area contributed by atoms with Crippen molar-refractivity contribution in [1.29, 1.82) is 0 Å². The highest BCUT2D eigenvalue weighted by atomic mass is 19.4. The lowest BCUT2D eigenvalue weighted by Gasteiger charge is -2.14. The third-order valence-electron chi connectivity index (χ3n) is 3.21. The number of carbonyl (C=O) groups is 2. The zero-order valence-electron chi connectivity index (χ0n) is 12.5. The van der Waals surface area contributed by atoms with Crippen LogP contribution in [0.5, 0.6) is 0 Å². The Kier molecular flexibility index (Phi) is 4.96. The molecule has 0 bridgehead atoms. The lowest BCUT2D eigenvalue weighted by molar-refractivity contribution is -0.166. The number of ether oxygens (including phenoxy) is 1. The summed E-state index contributed by atoms with van der Waals surface area (Å²) in [4.78, 5) is 22.6. The number of methoxy groups -OCH3 is 1. The van der Waals surface area contributed by atoms with Crippen molar-refractivity contribution in [2.24, 2.45) is 15.3 Å². The number of hydrogen-bond acceptors (Lipinski definition) is 6. The molecule has 0 fully saturated rings. The third-order valence-corrected chi connectivity index (χ3v) is 3.21. The average molecular weight is 342 g/mol. The van der Waals surface area contributed by atoms with Crippen molar-refractivity contribution in [2.45, 2.75) is 24.7 Å². The molecule has 1 N–H and O–H groups in total. The Bertz CT molecular complexity index is 678. The van der Waals surface area contributed by atoms with Crippen LogP contribution in [0.3, 0.4) is 0 Å². The minimum absolute atomic E-state index is 0.122. The van der Waals surface area contributed by atoms with Gasteiger partial charge in [-0.1, -0.05) is 12.1 Å². The molecule has 0 saturated carbocycles. The molecule has 0 spiro atoms. The minimum Gasteiger partial charge on any atom is -0.469 e. The second-order valence-electron chi connectivity index (χ2n) is 4.81. The molecule has 1 aliphatic rings. The average Bonchev–Trinajstić information content (AvgIpc) is 3.36. The van der Waals surface area contributed by atoms with Crippen LogP contribution >= 0.6 is 0 Å². The Hall–Kier alpha value is -2.78. The van der Waals surface area contributed by atoms with Gasteiger partial charge in [-0.05, 0) is 18.6 Å². The SMILES string of the molecule is COC(=O)CCC=NNC(=O)c1ccc(C2(C(F)(F)F)N=N2)cc1. The number of amides is 1. The molecular weight excluding hydrogens is 329 g/mol. The van der Waals surface area contributed by atoms with E-state index in [-0.39, 0.29) is 24.0 Å². The quantitative estimate of drug-likeness (QED) is 0.489. The van der Waals surface area contributed by atoms with E-state index in [2.05, 4.69) is 25.5 Å². The molecule has 0 aliphatic carbocycles. The van der Waals surface area contributed by atoms with Gasteiger partial charge in [0.2, 0.25) is 0 Å². The molecule has 0 saturated heterocycles. The fourth-order valence-corrected chi connectivity index (χ4v) is 1.81. The van der Waals surface area contributed by atoms with Crippen LogP contribution < -0.4 is 5.43 Å². The topological polar surface area (TPSA) is 92.5 Å². The van der Waals surface area contributed by atoms with E-state index in [1.165, 1.54) is 25.5 Å². The summed E-state index contributed by atoms with van der Waals surface area (Å²) < 4.78 is 43.0. The maximum absolute atomic E-state index is 12.8. The van der Waals surface area contributed by atoms with Crippen LogP contribution in [0.1, 0.15) is 28.8 Å². The molecule has 1 aromatic rings. The molecule has 7 nitrogen and oxygen atoms in total. The van der Waals surface area contributed by atoms with Crippen LogP contribution in [0.4, 0.5) is 13.2 Å². The molecule has 1 heterocycles. The summed E-state index contributed by atoms with van der Waals surface area (Å²) in [6.07, 6.45) is -2.88. The second kappa shape index (κ2) is 6.77. The predicted octanol–water partition coefficient (Wildman–Crippen LogP) is 2.54. The number of hydrazone groups is 1. The Morgan fingerprint density at radius 2 is 1.92 bits per heavy atom. The highest BCUT2D eigenvalue weighted by molar-refractivity contribution is 5.94. The molecule has 1 amide bonds. The Morgan fingerprint density at radius 1 is 1.29 bits per heavy atom. The molecule has 0 atom stereocenters. The Balaban J connectivity index is 1.90. The van der Waals surface area contributed by atoms with E-state index in [1.807, 2.05) is 0 Å². The van der Waals surface area contributed by atoms with Gasteiger partial charge in [0.05, 0.1) is 13.5 Å². The maximum atomic E-state index is 12.8. The number of benzene rings is 1. The number of carbonyl (C=O) groups excluding carboxylic acids is 2. The van der Waals surface area contributed by atoms with E-state index in [4.69, 9.17) is 0 Å².